The minimum Gasteiger partial charge on any atom is -0.418 e. The Kier molecular flexibility index (Phi) is 6.29. The molecule has 31 heavy (non-hydrogen) atoms. The van der Waals surface area contributed by atoms with E-state index in [4.69, 9.17) is 16.0 Å². The lowest BCUT2D eigenvalue weighted by molar-refractivity contribution is 0.248. The maximum absolute atomic E-state index is 12.7. The molecular formula is C24H21ClN4O2. The highest BCUT2D eigenvalue weighted by Crippen LogP contribution is 2.26. The van der Waals surface area contributed by atoms with Crippen LogP contribution >= 0.6 is 11.6 Å². The van der Waals surface area contributed by atoms with Crippen molar-refractivity contribution in [2.45, 2.75) is 19.4 Å². The molecule has 7 heteroatoms. The Morgan fingerprint density at radius 3 is 2.35 bits per heavy atom. The van der Waals surface area contributed by atoms with E-state index in [-0.39, 0.29) is 11.9 Å². The van der Waals surface area contributed by atoms with E-state index in [0.717, 1.165) is 17.5 Å². The van der Waals surface area contributed by atoms with Crippen molar-refractivity contribution in [3.05, 3.63) is 101 Å². The summed E-state index contributed by atoms with van der Waals surface area (Å²) in [7, 11) is 0. The number of carbonyl (C=O) groups is 1. The van der Waals surface area contributed by atoms with E-state index in [1.165, 1.54) is 5.56 Å². The van der Waals surface area contributed by atoms with Gasteiger partial charge in [-0.3, -0.25) is 0 Å². The predicted octanol–water partition coefficient (Wildman–Crippen LogP) is 5.86. The van der Waals surface area contributed by atoms with Gasteiger partial charge >= 0.3 is 6.03 Å². The molecule has 0 aliphatic rings. The summed E-state index contributed by atoms with van der Waals surface area (Å²) in [4.78, 5) is 12.7. The number of hydrogen-bond acceptors (Lipinski definition) is 4. The van der Waals surface area contributed by atoms with Crippen LogP contribution in [-0.4, -0.2) is 16.2 Å². The third-order valence-corrected chi connectivity index (χ3v) is 5.06. The number of carbonyl (C=O) groups excluding carboxylic acids is 1. The van der Waals surface area contributed by atoms with Gasteiger partial charge < -0.3 is 15.1 Å². The van der Waals surface area contributed by atoms with E-state index < -0.39 is 6.04 Å². The first-order chi connectivity index (χ1) is 15.1. The molecule has 0 radical (unpaired) electrons. The molecule has 156 valence electrons. The number of amides is 2. The molecule has 0 saturated heterocycles. The van der Waals surface area contributed by atoms with Crippen LogP contribution in [0.15, 0.2) is 83.3 Å². The van der Waals surface area contributed by atoms with Crippen LogP contribution in [0.1, 0.15) is 30.0 Å². The summed E-state index contributed by atoms with van der Waals surface area (Å²) in [6.45, 7) is 2.09. The largest absolute Gasteiger partial charge is 0.418 e. The van der Waals surface area contributed by atoms with Gasteiger partial charge in [0.25, 0.3) is 0 Å². The molecule has 0 aliphatic carbocycles. The summed E-state index contributed by atoms with van der Waals surface area (Å²) in [6, 6.07) is 23.3. The highest BCUT2D eigenvalue weighted by atomic mass is 35.5. The first-order valence-electron chi connectivity index (χ1n) is 9.93. The van der Waals surface area contributed by atoms with Crippen LogP contribution in [0, 0.1) is 0 Å². The molecule has 1 atom stereocenters. The number of nitrogens with one attached hydrogen (secondary N) is 2. The van der Waals surface area contributed by atoms with Crippen molar-refractivity contribution in [1.82, 2.24) is 15.5 Å². The Labute approximate surface area is 185 Å². The standard InChI is InChI=1S/C24H21ClN4O2/c1-2-16-8-14-20(15-9-16)26-24(30)27-21(17-6-4-3-5-7-17)23-29-28-22(31-23)18-10-12-19(25)13-11-18/h3-15,21H,2H2,1H3,(H2,26,27,30). The minimum absolute atomic E-state index is 0.285. The lowest BCUT2D eigenvalue weighted by Crippen LogP contribution is -2.33. The van der Waals surface area contributed by atoms with Crippen molar-refractivity contribution in [1.29, 1.82) is 0 Å². The fourth-order valence-electron chi connectivity index (χ4n) is 3.12. The topological polar surface area (TPSA) is 80.0 Å². The van der Waals surface area contributed by atoms with Gasteiger partial charge in [-0.2, -0.15) is 0 Å². The van der Waals surface area contributed by atoms with Crippen LogP contribution in [0.5, 0.6) is 0 Å². The van der Waals surface area contributed by atoms with Crippen molar-refractivity contribution in [2.75, 3.05) is 5.32 Å². The number of halogens is 1. The summed E-state index contributed by atoms with van der Waals surface area (Å²) in [5.74, 6) is 0.637. The van der Waals surface area contributed by atoms with E-state index in [1.807, 2.05) is 54.6 Å². The third-order valence-electron chi connectivity index (χ3n) is 4.81. The van der Waals surface area contributed by atoms with E-state index >= 15 is 0 Å². The van der Waals surface area contributed by atoms with Crippen LogP contribution in [-0.2, 0) is 6.42 Å². The molecule has 0 aliphatic heterocycles. The van der Waals surface area contributed by atoms with E-state index in [0.29, 0.717) is 16.6 Å². The smallest absolute Gasteiger partial charge is 0.320 e. The second kappa shape index (κ2) is 9.45. The Balaban J connectivity index is 1.56. The Hall–Kier alpha value is -3.64. The highest BCUT2D eigenvalue weighted by Gasteiger charge is 2.23. The van der Waals surface area contributed by atoms with Crippen molar-refractivity contribution in [3.8, 4) is 11.5 Å². The normalized spacial score (nSPS) is 11.7. The number of aryl methyl sites for hydroxylation is 1. The quantitative estimate of drug-likeness (QED) is 0.399. The fraction of sp³-hybridized carbons (Fsp3) is 0.125. The number of aromatic nitrogens is 2. The number of hydrogen-bond donors (Lipinski definition) is 2. The lowest BCUT2D eigenvalue weighted by atomic mass is 10.1. The molecule has 0 fully saturated rings. The Morgan fingerprint density at radius 2 is 1.68 bits per heavy atom. The number of urea groups is 1. The van der Waals surface area contributed by atoms with Gasteiger partial charge in [-0.05, 0) is 53.9 Å². The van der Waals surface area contributed by atoms with Crippen molar-refractivity contribution >= 4 is 23.3 Å². The summed E-state index contributed by atoms with van der Waals surface area (Å²) < 4.78 is 5.90. The van der Waals surface area contributed by atoms with Crippen LogP contribution in [0.4, 0.5) is 10.5 Å². The SMILES string of the molecule is CCc1ccc(NC(=O)NC(c2ccccc2)c2nnc(-c3ccc(Cl)cc3)o2)cc1. The molecular weight excluding hydrogens is 412 g/mol. The highest BCUT2D eigenvalue weighted by molar-refractivity contribution is 6.30. The van der Waals surface area contributed by atoms with E-state index in [1.54, 1.807) is 24.3 Å². The predicted molar refractivity (Wildman–Crippen MR) is 121 cm³/mol. The molecule has 2 N–H and O–H groups in total. The zero-order valence-electron chi connectivity index (χ0n) is 16.9. The molecule has 0 spiro atoms. The second-order valence-corrected chi connectivity index (χ2v) is 7.38. The zero-order chi connectivity index (χ0) is 21.6. The molecule has 0 bridgehead atoms. The number of benzene rings is 3. The first-order valence-corrected chi connectivity index (χ1v) is 10.3. The Morgan fingerprint density at radius 1 is 0.968 bits per heavy atom. The third kappa shape index (κ3) is 5.10. The maximum atomic E-state index is 12.7. The molecule has 4 rings (SSSR count). The monoisotopic (exact) mass is 432 g/mol. The summed E-state index contributed by atoms with van der Waals surface area (Å²) >= 11 is 5.95. The summed E-state index contributed by atoms with van der Waals surface area (Å²) in [5, 5.41) is 14.7. The first kappa shape index (κ1) is 20.6. The van der Waals surface area contributed by atoms with Crippen LogP contribution in [0.25, 0.3) is 11.5 Å². The maximum Gasteiger partial charge on any atom is 0.320 e. The van der Waals surface area contributed by atoms with Gasteiger partial charge in [-0.25, -0.2) is 4.79 Å². The van der Waals surface area contributed by atoms with Gasteiger partial charge in [0, 0.05) is 16.3 Å². The lowest BCUT2D eigenvalue weighted by Gasteiger charge is -2.16. The van der Waals surface area contributed by atoms with Gasteiger partial charge in [-0.1, -0.05) is 61.0 Å². The summed E-state index contributed by atoms with van der Waals surface area (Å²) in [5.41, 5.74) is 3.48. The Bertz CT molecular complexity index is 1140. The molecule has 2 amide bonds. The molecule has 0 saturated carbocycles. The molecule has 1 unspecified atom stereocenters. The second-order valence-electron chi connectivity index (χ2n) is 6.94. The van der Waals surface area contributed by atoms with E-state index in [9.17, 15) is 4.79 Å². The molecule has 1 aromatic heterocycles. The fourth-order valence-corrected chi connectivity index (χ4v) is 3.24. The van der Waals surface area contributed by atoms with Gasteiger partial charge in [0.05, 0.1) is 0 Å². The van der Waals surface area contributed by atoms with Gasteiger partial charge in [0.1, 0.15) is 6.04 Å². The molecule has 6 nitrogen and oxygen atoms in total. The number of anilines is 1. The summed E-state index contributed by atoms with van der Waals surface area (Å²) in [6.07, 6.45) is 0.940. The zero-order valence-corrected chi connectivity index (χ0v) is 17.6. The van der Waals surface area contributed by atoms with Gasteiger partial charge in [0.15, 0.2) is 0 Å². The minimum atomic E-state index is -0.607. The van der Waals surface area contributed by atoms with Crippen LogP contribution < -0.4 is 10.6 Å². The van der Waals surface area contributed by atoms with Crippen molar-refractivity contribution in [3.63, 3.8) is 0 Å². The van der Waals surface area contributed by atoms with Crippen molar-refractivity contribution in [2.24, 2.45) is 0 Å². The number of rotatable bonds is 6. The van der Waals surface area contributed by atoms with Crippen LogP contribution in [0.2, 0.25) is 5.02 Å². The average molecular weight is 433 g/mol. The molecule has 1 heterocycles. The van der Waals surface area contributed by atoms with Gasteiger partial charge in [0.2, 0.25) is 11.8 Å². The van der Waals surface area contributed by atoms with Crippen LogP contribution in [0.3, 0.4) is 0 Å². The van der Waals surface area contributed by atoms with Gasteiger partial charge in [-0.15, -0.1) is 10.2 Å². The number of nitrogens with zero attached hydrogens (tertiary/aromatic N) is 2. The molecule has 3 aromatic carbocycles. The molecule has 4 aromatic rings. The average Bonchev–Trinajstić information content (AvgIpc) is 3.29. The van der Waals surface area contributed by atoms with Crippen molar-refractivity contribution < 1.29 is 9.21 Å². The van der Waals surface area contributed by atoms with E-state index in [2.05, 4.69) is 27.8 Å².